The molecule has 15 nitrogen and oxygen atoms in total. The van der Waals surface area contributed by atoms with Crippen molar-refractivity contribution in [2.75, 3.05) is 52.9 Å². The molecular weight excluding hydrogens is 1720 g/mol. The van der Waals surface area contributed by atoms with E-state index in [1.807, 2.05) is 0 Å². The number of rotatable bonds is 14. The first-order valence-corrected chi connectivity index (χ1v) is 52.3. The van der Waals surface area contributed by atoms with E-state index in [1.54, 1.807) is 0 Å². The van der Waals surface area contributed by atoms with E-state index in [9.17, 15) is 0 Å². The molecule has 0 unspecified atom stereocenters. The Kier molecular flexibility index (Phi) is 33.3. The van der Waals surface area contributed by atoms with E-state index in [-0.39, 0.29) is 81.2 Å². The van der Waals surface area contributed by atoms with Crippen LogP contribution in [0.4, 0.5) is 0 Å². The van der Waals surface area contributed by atoms with Crippen LogP contribution in [0.25, 0.3) is 0 Å². The maximum absolute atomic E-state index is 6.90. The summed E-state index contributed by atoms with van der Waals surface area (Å²) in [6.07, 6.45) is 0. The van der Waals surface area contributed by atoms with Crippen LogP contribution < -0.4 is 31.7 Å². The summed E-state index contributed by atoms with van der Waals surface area (Å²) in [6, 6.07) is 41.5. The van der Waals surface area contributed by atoms with Crippen molar-refractivity contribution in [3.05, 3.63) is 204 Å². The maximum atomic E-state index is 6.90. The van der Waals surface area contributed by atoms with Gasteiger partial charge in [0.15, 0.2) is 0 Å². The van der Waals surface area contributed by atoms with Crippen molar-refractivity contribution in [1.29, 1.82) is 0 Å². The molecule has 0 N–H and O–H groups in total. The molecule has 7 aromatic carbocycles. The van der Waals surface area contributed by atoms with Gasteiger partial charge in [0, 0.05) is 50.1 Å². The van der Waals surface area contributed by atoms with Crippen LogP contribution in [0.2, 0.25) is 0 Å². The minimum atomic E-state index is -1.89. The molecule has 0 aromatic heterocycles. The fraction of sp³-hybridized carbons (Fsp3) is 0.618. The molecule has 4 fully saturated rings. The molecule has 130 heavy (non-hydrogen) atoms. The Bertz CT molecular complexity index is 4530. The van der Waals surface area contributed by atoms with Crippen LogP contribution in [0.3, 0.4) is 0 Å². The van der Waals surface area contributed by atoms with Gasteiger partial charge >= 0.3 is 43.0 Å². The van der Waals surface area contributed by atoms with Gasteiger partial charge in [-0.1, -0.05) is 387 Å². The Morgan fingerprint density at radius 1 is 0.208 bits per heavy atom. The zero-order chi connectivity index (χ0) is 97.9. The second-order valence-corrected chi connectivity index (χ2v) is 57.0. The average molecular weight is 1880 g/mol. The molecule has 4 aliphatic rings. The smallest absolute Gasteiger partial charge is 0.426 e. The van der Waals surface area contributed by atoms with Crippen LogP contribution in [-0.2, 0) is 112 Å². The summed E-state index contributed by atoms with van der Waals surface area (Å²) < 4.78 is 96.0. The van der Waals surface area contributed by atoms with Gasteiger partial charge in [-0.25, -0.2) is 0 Å². The molecule has 4 saturated heterocycles. The van der Waals surface area contributed by atoms with Gasteiger partial charge in [-0.05, 0) is 148 Å². The predicted molar refractivity (Wildman–Crippen MR) is 548 cm³/mol. The molecule has 0 bridgehead atoms. The number of aryl methyl sites for hydroxylation is 2. The second kappa shape index (κ2) is 39.8. The van der Waals surface area contributed by atoms with Crippen molar-refractivity contribution in [2.24, 2.45) is 10.8 Å². The minimum Gasteiger partial charge on any atom is -0.426 e. The average Bonchev–Trinajstić information content (AvgIpc) is 0.741. The summed E-state index contributed by atoms with van der Waals surface area (Å²) >= 11 is 0. The van der Waals surface area contributed by atoms with Crippen molar-refractivity contribution in [3.8, 4) is 40.2 Å². The lowest BCUT2D eigenvalue weighted by Gasteiger charge is -2.42. The summed E-state index contributed by atoms with van der Waals surface area (Å²) in [6.45, 7) is 101. The Morgan fingerprint density at radius 3 is 0.538 bits per heavy atom. The lowest BCUT2D eigenvalue weighted by molar-refractivity contribution is -0.0678. The summed E-state index contributed by atoms with van der Waals surface area (Å²) in [4.78, 5) is 0. The predicted octanol–water partition coefficient (Wildman–Crippen LogP) is 33.6. The molecule has 722 valence electrons. The molecule has 7 aromatic rings. The topological polar surface area (TPSA) is 138 Å². The van der Waals surface area contributed by atoms with Gasteiger partial charge < -0.3 is 67.9 Å². The molecule has 4 aliphatic heterocycles. The Balaban J connectivity index is 0.000000220. The quantitative estimate of drug-likeness (QED) is 0.0954. The van der Waals surface area contributed by atoms with Crippen LogP contribution in [-0.4, -0.2) is 52.9 Å². The third-order valence-electron chi connectivity index (χ3n) is 24.0. The third-order valence-corrected chi connectivity index (χ3v) is 29.1. The molecule has 0 aliphatic carbocycles. The highest BCUT2D eigenvalue weighted by atomic mass is 31.2. The number of benzene rings is 7. The molecule has 0 atom stereocenters. The maximum Gasteiger partial charge on any atom is 0.530 e. The monoisotopic (exact) mass is 1880 g/mol. The van der Waals surface area contributed by atoms with Crippen molar-refractivity contribution in [2.45, 2.75) is 380 Å². The zero-order valence-corrected chi connectivity index (χ0v) is 93.0. The summed E-state index contributed by atoms with van der Waals surface area (Å²) in [7, 11) is -8.05. The SMILES string of the molecule is CC(C)(C)c1ccc(OP(Oc2ccc(C(C)(C)C)cc2C(C)(C)C)Oc2ccc(C(C)(C)C)cc2C(C)(C)C)c(C(C)(C)C)c1.CC(C)(C)c1ccc(OP2OCC3(CO2)COP(Oc2ccc(C(C)(C)C)cc2C(C)(C)C)OC3)c(C(C)(C)C)c1.Cc1cc(C(C)(C)C)c(OP2OCC3(CO2)COP(Oc2c(C(C)(C)C)cc(C)cc2C(C)(C)C)OC3)c(C(C)(C)C)c1. The third kappa shape index (κ3) is 28.8. The number of hydrogen-bond acceptors (Lipinski definition) is 15. The number of hydrogen-bond donors (Lipinski definition) is 0. The molecule has 11 rings (SSSR count). The fourth-order valence-electron chi connectivity index (χ4n) is 15.3. The fourth-order valence-corrected chi connectivity index (χ4v) is 21.4. The lowest BCUT2D eigenvalue weighted by Crippen LogP contribution is -2.45. The van der Waals surface area contributed by atoms with Crippen molar-refractivity contribution >= 4 is 43.0 Å². The van der Waals surface area contributed by atoms with E-state index in [0.29, 0.717) is 52.9 Å². The van der Waals surface area contributed by atoms with E-state index in [4.69, 9.17) is 67.9 Å². The lowest BCUT2D eigenvalue weighted by atomic mass is 9.78. The van der Waals surface area contributed by atoms with Crippen LogP contribution in [0.5, 0.6) is 40.2 Å². The largest absolute Gasteiger partial charge is 0.530 e. The van der Waals surface area contributed by atoms with E-state index in [1.165, 1.54) is 61.2 Å². The Hall–Kier alpha value is -5.03. The molecule has 0 amide bonds. The van der Waals surface area contributed by atoms with Gasteiger partial charge in [-0.15, -0.1) is 0 Å². The van der Waals surface area contributed by atoms with Gasteiger partial charge in [0.2, 0.25) is 0 Å². The van der Waals surface area contributed by atoms with Gasteiger partial charge in [0.1, 0.15) is 40.2 Å². The van der Waals surface area contributed by atoms with E-state index >= 15 is 0 Å². The summed E-state index contributed by atoms with van der Waals surface area (Å²) in [5.74, 6) is 5.75. The van der Waals surface area contributed by atoms with Crippen LogP contribution in [0.15, 0.2) is 115 Å². The van der Waals surface area contributed by atoms with Crippen molar-refractivity contribution in [3.63, 3.8) is 0 Å². The highest BCUT2D eigenvalue weighted by Crippen LogP contribution is 2.60. The first kappa shape index (κ1) is 109. The van der Waals surface area contributed by atoms with Gasteiger partial charge in [0.25, 0.3) is 0 Å². The van der Waals surface area contributed by atoms with Crippen LogP contribution in [0, 0.1) is 24.7 Å². The highest BCUT2D eigenvalue weighted by Gasteiger charge is 2.49. The normalized spacial score (nSPS) is 20.4. The standard InChI is InChI=1S/C42H63O3P.C35H54O6P2.C33H50O6P2/c1-37(2,3)28-19-22-34(31(25-28)40(10,11)12)43-46(44-35-23-20-29(38(4,5)6)26-32(35)41(13,14)15)45-36-24-21-30(39(7,8)9)27-33(36)42(16,17)18;1-23-15-25(31(3,4)5)29(26(16-23)32(6,7)8)40-42-36-19-35(20-37-42)21-38-43(39-22-35)41-30-27(33(9,10)11)17-24(2)18-28(30)34(12,13)14;1-29(2,3)23-13-15-27(25(17-23)31(7,8)9)38-40-34-19-33(20-35-40)21-36-41(37-22-33)39-28-16-14-24(30(4,5)6)18-26(28)32(10,11)12/h19-27H,1-18H3;15-18H,19-22H2,1-14H3;13-18H,19-22H2,1-12H3. The Labute approximate surface area is 794 Å². The van der Waals surface area contributed by atoms with E-state index < -0.39 is 48.4 Å². The van der Waals surface area contributed by atoms with E-state index in [2.05, 4.69) is 420 Å². The molecule has 0 radical (unpaired) electrons. The van der Waals surface area contributed by atoms with Crippen LogP contribution in [0.1, 0.15) is 380 Å². The Morgan fingerprint density at radius 2 is 0.369 bits per heavy atom. The summed E-state index contributed by atoms with van der Waals surface area (Å²) in [5, 5.41) is 0. The van der Waals surface area contributed by atoms with E-state index in [0.717, 1.165) is 68.1 Å². The highest BCUT2D eigenvalue weighted by molar-refractivity contribution is 7.43. The molecule has 2 spiro atoms. The van der Waals surface area contributed by atoms with Crippen LogP contribution >= 0.6 is 43.0 Å². The van der Waals surface area contributed by atoms with Crippen molar-refractivity contribution < 1.29 is 67.9 Å². The van der Waals surface area contributed by atoms with Gasteiger partial charge in [-0.3, -0.25) is 0 Å². The van der Waals surface area contributed by atoms with Crippen molar-refractivity contribution in [1.82, 2.24) is 0 Å². The first-order chi connectivity index (χ1) is 58.9. The molecule has 0 saturated carbocycles. The molecular formula is C110H167O15P5. The van der Waals surface area contributed by atoms with Gasteiger partial charge in [0.05, 0.1) is 63.7 Å². The van der Waals surface area contributed by atoms with Gasteiger partial charge in [-0.2, -0.15) is 0 Å². The zero-order valence-electron chi connectivity index (χ0n) is 88.5. The molecule has 20 heteroatoms. The molecule has 4 heterocycles. The second-order valence-electron chi connectivity index (χ2n) is 51.4. The summed E-state index contributed by atoms with van der Waals surface area (Å²) in [5.41, 5.74) is 17.6. The minimum absolute atomic E-state index is 0.0170. The first-order valence-electron chi connectivity index (χ1n) is 46.8.